The summed E-state index contributed by atoms with van der Waals surface area (Å²) in [5.41, 5.74) is 2.33. The lowest BCUT2D eigenvalue weighted by atomic mass is 10.3. The van der Waals surface area contributed by atoms with Crippen LogP contribution in [0, 0.1) is 13.8 Å². The van der Waals surface area contributed by atoms with Crippen LogP contribution in [0.2, 0.25) is 0 Å². The van der Waals surface area contributed by atoms with Gasteiger partial charge >= 0.3 is 0 Å². The van der Waals surface area contributed by atoms with Gasteiger partial charge < -0.3 is 8.98 Å². The fraction of sp³-hybridized carbons (Fsp3) is 0.471. The number of thiophene rings is 1. The monoisotopic (exact) mass is 362 g/mol. The maximum Gasteiger partial charge on any atom is 0.257 e. The minimum absolute atomic E-state index is 0.0628. The van der Waals surface area contributed by atoms with Gasteiger partial charge in [0.2, 0.25) is 5.89 Å². The van der Waals surface area contributed by atoms with E-state index in [-0.39, 0.29) is 5.25 Å². The first kappa shape index (κ1) is 17.2. The Hall–Kier alpha value is -1.60. The van der Waals surface area contributed by atoms with Crippen LogP contribution in [0.4, 0.5) is 0 Å². The molecule has 24 heavy (non-hydrogen) atoms. The van der Waals surface area contributed by atoms with Crippen molar-refractivity contribution in [2.45, 2.75) is 57.5 Å². The molecule has 0 N–H and O–H groups in total. The van der Waals surface area contributed by atoms with Crippen LogP contribution in [-0.4, -0.2) is 19.7 Å². The predicted octanol–water partition coefficient (Wildman–Crippen LogP) is 5.26. The number of hydrogen-bond donors (Lipinski definition) is 0. The van der Waals surface area contributed by atoms with Gasteiger partial charge in [-0.05, 0) is 38.6 Å². The van der Waals surface area contributed by atoms with E-state index in [1.807, 2.05) is 17.5 Å². The van der Waals surface area contributed by atoms with Crippen LogP contribution < -0.4 is 0 Å². The van der Waals surface area contributed by atoms with Crippen molar-refractivity contribution < 1.29 is 4.42 Å². The van der Waals surface area contributed by atoms with Crippen LogP contribution in [0.15, 0.2) is 27.1 Å². The summed E-state index contributed by atoms with van der Waals surface area (Å²) in [5.74, 6) is 1.23. The molecule has 0 bridgehead atoms. The zero-order valence-corrected chi connectivity index (χ0v) is 16.1. The highest BCUT2D eigenvalue weighted by atomic mass is 32.2. The molecule has 1 atom stereocenters. The zero-order valence-electron chi connectivity index (χ0n) is 14.4. The minimum Gasteiger partial charge on any atom is -0.419 e. The molecule has 0 amide bonds. The molecule has 128 valence electrons. The van der Waals surface area contributed by atoms with E-state index in [0.717, 1.165) is 28.7 Å². The van der Waals surface area contributed by atoms with Gasteiger partial charge in [-0.25, -0.2) is 4.98 Å². The Balaban J connectivity index is 1.77. The third kappa shape index (κ3) is 3.57. The Labute approximate surface area is 150 Å². The van der Waals surface area contributed by atoms with Crippen molar-refractivity contribution in [3.63, 3.8) is 0 Å². The Morgan fingerprint density at radius 1 is 1.33 bits per heavy atom. The van der Waals surface area contributed by atoms with Gasteiger partial charge in [0.05, 0.1) is 15.8 Å². The van der Waals surface area contributed by atoms with Crippen LogP contribution in [0.3, 0.4) is 0 Å². The summed E-state index contributed by atoms with van der Waals surface area (Å²) in [7, 11) is 0. The SMILES string of the molecule is CCCCn1c(SC(C)c2nnc(-c3cccs3)o2)nc(C)c1C. The normalized spacial score (nSPS) is 12.7. The largest absolute Gasteiger partial charge is 0.419 e. The Kier molecular flexibility index (Phi) is 5.40. The van der Waals surface area contributed by atoms with Gasteiger partial charge in [0, 0.05) is 12.2 Å². The van der Waals surface area contributed by atoms with E-state index in [2.05, 4.69) is 42.5 Å². The maximum absolute atomic E-state index is 5.85. The van der Waals surface area contributed by atoms with Crippen molar-refractivity contribution in [1.82, 2.24) is 19.7 Å². The second kappa shape index (κ2) is 7.53. The molecule has 3 heterocycles. The molecule has 0 saturated heterocycles. The maximum atomic E-state index is 5.85. The van der Waals surface area contributed by atoms with Crippen LogP contribution >= 0.6 is 23.1 Å². The van der Waals surface area contributed by atoms with Crippen LogP contribution in [0.5, 0.6) is 0 Å². The Bertz CT molecular complexity index is 792. The fourth-order valence-electron chi connectivity index (χ4n) is 2.40. The number of rotatable bonds is 7. The number of nitrogens with zero attached hydrogens (tertiary/aromatic N) is 4. The summed E-state index contributed by atoms with van der Waals surface area (Å²) in [5, 5.41) is 11.5. The van der Waals surface area contributed by atoms with Gasteiger partial charge in [-0.1, -0.05) is 31.2 Å². The van der Waals surface area contributed by atoms with Crippen molar-refractivity contribution in [3.05, 3.63) is 34.8 Å². The van der Waals surface area contributed by atoms with E-state index in [1.54, 1.807) is 23.1 Å². The van der Waals surface area contributed by atoms with E-state index >= 15 is 0 Å². The number of imidazole rings is 1. The van der Waals surface area contributed by atoms with Crippen molar-refractivity contribution in [2.75, 3.05) is 0 Å². The highest BCUT2D eigenvalue weighted by Gasteiger charge is 2.20. The predicted molar refractivity (Wildman–Crippen MR) is 98.5 cm³/mol. The zero-order chi connectivity index (χ0) is 17.1. The molecule has 3 aromatic rings. The van der Waals surface area contributed by atoms with Gasteiger partial charge in [0.1, 0.15) is 0 Å². The molecule has 0 aliphatic carbocycles. The first-order valence-electron chi connectivity index (χ1n) is 8.17. The fourth-order valence-corrected chi connectivity index (χ4v) is 4.10. The lowest BCUT2D eigenvalue weighted by molar-refractivity contribution is 0.509. The topological polar surface area (TPSA) is 56.7 Å². The van der Waals surface area contributed by atoms with E-state index in [4.69, 9.17) is 9.40 Å². The number of aryl methyl sites for hydroxylation is 1. The summed E-state index contributed by atoms with van der Waals surface area (Å²) in [6, 6.07) is 3.97. The highest BCUT2D eigenvalue weighted by molar-refractivity contribution is 7.99. The van der Waals surface area contributed by atoms with Gasteiger partial charge in [0.15, 0.2) is 5.16 Å². The van der Waals surface area contributed by atoms with Crippen LogP contribution in [0.1, 0.15) is 49.2 Å². The van der Waals surface area contributed by atoms with Gasteiger partial charge in [0.25, 0.3) is 5.89 Å². The van der Waals surface area contributed by atoms with Crippen molar-refractivity contribution in [1.29, 1.82) is 0 Å². The molecule has 5 nitrogen and oxygen atoms in total. The van der Waals surface area contributed by atoms with Crippen LogP contribution in [0.25, 0.3) is 10.8 Å². The average molecular weight is 363 g/mol. The Morgan fingerprint density at radius 3 is 2.88 bits per heavy atom. The van der Waals surface area contributed by atoms with Crippen molar-refractivity contribution >= 4 is 23.1 Å². The van der Waals surface area contributed by atoms with E-state index < -0.39 is 0 Å². The molecule has 0 aliphatic rings. The minimum atomic E-state index is 0.0628. The quantitative estimate of drug-likeness (QED) is 0.536. The second-order valence-electron chi connectivity index (χ2n) is 5.75. The molecule has 3 rings (SSSR count). The Morgan fingerprint density at radius 2 is 2.17 bits per heavy atom. The van der Waals surface area contributed by atoms with Gasteiger partial charge in [-0.15, -0.1) is 21.5 Å². The number of aromatic nitrogens is 4. The van der Waals surface area contributed by atoms with E-state index in [0.29, 0.717) is 11.8 Å². The highest BCUT2D eigenvalue weighted by Crippen LogP contribution is 2.36. The molecule has 0 fully saturated rings. The molecule has 3 aromatic heterocycles. The average Bonchev–Trinajstić information content (AvgIpc) is 3.28. The van der Waals surface area contributed by atoms with E-state index in [1.165, 1.54) is 12.1 Å². The van der Waals surface area contributed by atoms with Crippen molar-refractivity contribution in [3.8, 4) is 10.8 Å². The van der Waals surface area contributed by atoms with Crippen molar-refractivity contribution in [2.24, 2.45) is 0 Å². The van der Waals surface area contributed by atoms with Gasteiger partial charge in [-0.2, -0.15) is 0 Å². The molecular formula is C17H22N4OS2. The summed E-state index contributed by atoms with van der Waals surface area (Å²) < 4.78 is 8.15. The first-order valence-corrected chi connectivity index (χ1v) is 9.93. The molecule has 0 spiro atoms. The number of hydrogen-bond acceptors (Lipinski definition) is 6. The lowest BCUT2D eigenvalue weighted by Crippen LogP contribution is -2.03. The molecule has 0 aromatic carbocycles. The van der Waals surface area contributed by atoms with Crippen LogP contribution in [-0.2, 0) is 6.54 Å². The summed E-state index contributed by atoms with van der Waals surface area (Å²) in [4.78, 5) is 5.73. The molecular weight excluding hydrogens is 340 g/mol. The standard InChI is InChI=1S/C17H22N4OS2/c1-5-6-9-21-12(3)11(2)18-17(21)24-13(4)15-19-20-16(22-15)14-8-7-10-23-14/h7-8,10,13H,5-6,9H2,1-4H3. The molecule has 0 radical (unpaired) electrons. The van der Waals surface area contributed by atoms with E-state index in [9.17, 15) is 0 Å². The number of unbranched alkanes of at least 4 members (excludes halogenated alkanes) is 1. The summed E-state index contributed by atoms with van der Waals surface area (Å²) in [6.07, 6.45) is 2.33. The lowest BCUT2D eigenvalue weighted by Gasteiger charge is -2.11. The number of thioether (sulfide) groups is 1. The first-order chi connectivity index (χ1) is 11.6. The molecule has 0 saturated carbocycles. The summed E-state index contributed by atoms with van der Waals surface area (Å²) in [6.45, 7) is 9.49. The smallest absolute Gasteiger partial charge is 0.257 e. The van der Waals surface area contributed by atoms with Gasteiger partial charge in [-0.3, -0.25) is 0 Å². The molecule has 1 unspecified atom stereocenters. The third-order valence-corrected chi connectivity index (χ3v) is 5.90. The second-order valence-corrected chi connectivity index (χ2v) is 8.01. The molecule has 0 aliphatic heterocycles. The molecule has 7 heteroatoms. The summed E-state index contributed by atoms with van der Waals surface area (Å²) >= 11 is 3.28. The third-order valence-electron chi connectivity index (χ3n) is 3.96.